The van der Waals surface area contributed by atoms with Crippen LogP contribution < -0.4 is 5.73 Å². The lowest BCUT2D eigenvalue weighted by molar-refractivity contribution is 0.113. The van der Waals surface area contributed by atoms with Gasteiger partial charge in [-0.3, -0.25) is 4.90 Å². The fourth-order valence-corrected chi connectivity index (χ4v) is 2.51. The second-order valence-corrected chi connectivity index (χ2v) is 4.57. The second-order valence-electron chi connectivity index (χ2n) is 4.57. The first-order valence-corrected chi connectivity index (χ1v) is 5.44. The summed E-state index contributed by atoms with van der Waals surface area (Å²) in [4.78, 5) is 5.04. The van der Waals surface area contributed by atoms with Crippen LogP contribution >= 0.6 is 0 Å². The van der Waals surface area contributed by atoms with Crippen LogP contribution in [-0.2, 0) is 0 Å². The van der Waals surface area contributed by atoms with Gasteiger partial charge in [0.05, 0.1) is 0 Å². The molecule has 0 aromatic heterocycles. The zero-order valence-corrected chi connectivity index (χ0v) is 8.58. The first-order valence-electron chi connectivity index (χ1n) is 5.44. The molecule has 3 nitrogen and oxygen atoms in total. The van der Waals surface area contributed by atoms with Gasteiger partial charge in [-0.05, 0) is 26.3 Å². The Morgan fingerprint density at radius 2 is 1.77 bits per heavy atom. The molecule has 13 heavy (non-hydrogen) atoms. The van der Waals surface area contributed by atoms with Crippen LogP contribution in [0.3, 0.4) is 0 Å². The SMILES string of the molecule is CN1CCN([C@@H]2CC[C@H](N)C2)CC1. The van der Waals surface area contributed by atoms with Gasteiger partial charge in [0.2, 0.25) is 0 Å². The number of rotatable bonds is 1. The Morgan fingerprint density at radius 3 is 2.31 bits per heavy atom. The standard InChI is InChI=1S/C10H21N3/c1-12-4-6-13(7-5-12)10-3-2-9(11)8-10/h9-10H,2-8,11H2,1H3/t9-,10+/m0/s1. The number of piperazine rings is 1. The number of nitrogens with zero attached hydrogens (tertiary/aromatic N) is 2. The van der Waals surface area contributed by atoms with Gasteiger partial charge in [0.1, 0.15) is 0 Å². The van der Waals surface area contributed by atoms with Gasteiger partial charge in [-0.2, -0.15) is 0 Å². The third-order valence-corrected chi connectivity index (χ3v) is 3.50. The Labute approximate surface area is 80.9 Å². The highest BCUT2D eigenvalue weighted by atomic mass is 15.3. The molecule has 3 heteroatoms. The minimum atomic E-state index is 0.477. The van der Waals surface area contributed by atoms with E-state index >= 15 is 0 Å². The van der Waals surface area contributed by atoms with E-state index in [0.29, 0.717) is 6.04 Å². The highest BCUT2D eigenvalue weighted by Crippen LogP contribution is 2.23. The molecule has 2 fully saturated rings. The molecule has 1 aliphatic carbocycles. The van der Waals surface area contributed by atoms with Gasteiger partial charge in [0.15, 0.2) is 0 Å². The predicted molar refractivity (Wildman–Crippen MR) is 54.7 cm³/mol. The lowest BCUT2D eigenvalue weighted by atomic mass is 10.2. The summed E-state index contributed by atoms with van der Waals surface area (Å²) in [5.41, 5.74) is 5.92. The molecular formula is C10H21N3. The van der Waals surface area contributed by atoms with E-state index in [0.717, 1.165) is 6.04 Å². The van der Waals surface area contributed by atoms with Crippen molar-refractivity contribution in [3.63, 3.8) is 0 Å². The van der Waals surface area contributed by atoms with Gasteiger partial charge in [0, 0.05) is 38.3 Å². The molecule has 0 amide bonds. The van der Waals surface area contributed by atoms with Crippen LogP contribution in [0.4, 0.5) is 0 Å². The zero-order valence-electron chi connectivity index (χ0n) is 8.58. The van der Waals surface area contributed by atoms with Crippen molar-refractivity contribution >= 4 is 0 Å². The smallest absolute Gasteiger partial charge is 0.0113 e. The monoisotopic (exact) mass is 183 g/mol. The summed E-state index contributed by atoms with van der Waals surface area (Å²) in [7, 11) is 2.21. The summed E-state index contributed by atoms with van der Waals surface area (Å²) in [6.45, 7) is 4.94. The van der Waals surface area contributed by atoms with Gasteiger partial charge >= 0.3 is 0 Å². The van der Waals surface area contributed by atoms with Crippen molar-refractivity contribution in [3.05, 3.63) is 0 Å². The average Bonchev–Trinajstić information content (AvgIpc) is 2.53. The Morgan fingerprint density at radius 1 is 1.08 bits per heavy atom. The van der Waals surface area contributed by atoms with E-state index in [2.05, 4.69) is 16.8 Å². The molecule has 1 saturated heterocycles. The quantitative estimate of drug-likeness (QED) is 0.626. The Balaban J connectivity index is 1.81. The third kappa shape index (κ3) is 2.22. The van der Waals surface area contributed by atoms with Gasteiger partial charge in [-0.25, -0.2) is 0 Å². The van der Waals surface area contributed by atoms with E-state index in [1.807, 2.05) is 0 Å². The Kier molecular flexibility index (Phi) is 2.86. The lowest BCUT2D eigenvalue weighted by Crippen LogP contribution is -2.48. The largest absolute Gasteiger partial charge is 0.328 e. The maximum Gasteiger partial charge on any atom is 0.0113 e. The van der Waals surface area contributed by atoms with Crippen molar-refractivity contribution in [2.75, 3.05) is 33.2 Å². The molecular weight excluding hydrogens is 162 g/mol. The molecule has 0 radical (unpaired) electrons. The summed E-state index contributed by atoms with van der Waals surface area (Å²) in [6, 6.07) is 1.27. The maximum absolute atomic E-state index is 5.92. The zero-order chi connectivity index (χ0) is 9.26. The third-order valence-electron chi connectivity index (χ3n) is 3.50. The van der Waals surface area contributed by atoms with Gasteiger partial charge in [-0.1, -0.05) is 0 Å². The predicted octanol–water partition coefficient (Wildman–Crippen LogP) is 0.114. The fourth-order valence-electron chi connectivity index (χ4n) is 2.51. The van der Waals surface area contributed by atoms with Gasteiger partial charge < -0.3 is 10.6 Å². The normalized spacial score (nSPS) is 38.3. The molecule has 76 valence electrons. The number of nitrogens with two attached hydrogens (primary N) is 1. The summed E-state index contributed by atoms with van der Waals surface area (Å²) in [6.07, 6.45) is 3.78. The van der Waals surface area contributed by atoms with Crippen molar-refractivity contribution in [1.82, 2.24) is 9.80 Å². The molecule has 1 heterocycles. The minimum Gasteiger partial charge on any atom is -0.328 e. The van der Waals surface area contributed by atoms with E-state index in [9.17, 15) is 0 Å². The Bertz CT molecular complexity index is 164. The van der Waals surface area contributed by atoms with Crippen molar-refractivity contribution < 1.29 is 0 Å². The van der Waals surface area contributed by atoms with Crippen LogP contribution in [0, 0.1) is 0 Å². The minimum absolute atomic E-state index is 0.477. The van der Waals surface area contributed by atoms with Crippen molar-refractivity contribution in [2.45, 2.75) is 31.3 Å². The topological polar surface area (TPSA) is 32.5 Å². The first-order chi connectivity index (χ1) is 6.25. The van der Waals surface area contributed by atoms with Crippen LogP contribution in [0.5, 0.6) is 0 Å². The van der Waals surface area contributed by atoms with E-state index in [4.69, 9.17) is 5.73 Å². The molecule has 0 aromatic rings. The van der Waals surface area contributed by atoms with Crippen LogP contribution in [0.2, 0.25) is 0 Å². The van der Waals surface area contributed by atoms with Crippen LogP contribution in [0.1, 0.15) is 19.3 Å². The van der Waals surface area contributed by atoms with Crippen LogP contribution in [0.15, 0.2) is 0 Å². The van der Waals surface area contributed by atoms with E-state index in [-0.39, 0.29) is 0 Å². The van der Waals surface area contributed by atoms with E-state index in [1.165, 1.54) is 45.4 Å². The van der Waals surface area contributed by atoms with E-state index < -0.39 is 0 Å². The summed E-state index contributed by atoms with van der Waals surface area (Å²) in [5, 5.41) is 0. The Hall–Kier alpha value is -0.120. The molecule has 0 spiro atoms. The van der Waals surface area contributed by atoms with E-state index in [1.54, 1.807) is 0 Å². The summed E-state index contributed by atoms with van der Waals surface area (Å²) in [5.74, 6) is 0. The molecule has 0 aromatic carbocycles. The fraction of sp³-hybridized carbons (Fsp3) is 1.00. The van der Waals surface area contributed by atoms with Crippen molar-refractivity contribution in [2.24, 2.45) is 5.73 Å². The maximum atomic E-state index is 5.92. The first kappa shape index (κ1) is 9.44. The van der Waals surface area contributed by atoms with Gasteiger partial charge in [0.25, 0.3) is 0 Å². The molecule has 1 aliphatic heterocycles. The molecule has 2 rings (SSSR count). The average molecular weight is 183 g/mol. The summed E-state index contributed by atoms with van der Waals surface area (Å²) >= 11 is 0. The molecule has 1 saturated carbocycles. The number of hydrogen-bond donors (Lipinski definition) is 1. The molecule has 0 bridgehead atoms. The molecule has 2 aliphatic rings. The van der Waals surface area contributed by atoms with Crippen LogP contribution in [0.25, 0.3) is 0 Å². The molecule has 2 atom stereocenters. The molecule has 0 unspecified atom stereocenters. The highest BCUT2D eigenvalue weighted by molar-refractivity contribution is 4.86. The number of hydrogen-bond acceptors (Lipinski definition) is 3. The van der Waals surface area contributed by atoms with Gasteiger partial charge in [-0.15, -0.1) is 0 Å². The lowest BCUT2D eigenvalue weighted by Gasteiger charge is -2.36. The second kappa shape index (κ2) is 3.95. The van der Waals surface area contributed by atoms with Crippen LogP contribution in [-0.4, -0.2) is 55.1 Å². The van der Waals surface area contributed by atoms with Crippen molar-refractivity contribution in [1.29, 1.82) is 0 Å². The highest BCUT2D eigenvalue weighted by Gasteiger charge is 2.28. The molecule has 2 N–H and O–H groups in total. The number of likely N-dealkylation sites (N-methyl/N-ethyl adjacent to an activating group) is 1. The van der Waals surface area contributed by atoms with Crippen molar-refractivity contribution in [3.8, 4) is 0 Å². The summed E-state index contributed by atoms with van der Waals surface area (Å²) < 4.78 is 0.